The van der Waals surface area contributed by atoms with Crippen LogP contribution in [0.2, 0.25) is 0 Å². The molecule has 0 heterocycles. The molecule has 0 spiro atoms. The first-order valence-corrected chi connectivity index (χ1v) is 12.1. The molecule has 1 aromatic carbocycles. The number of ketones is 1. The van der Waals surface area contributed by atoms with Gasteiger partial charge in [0.1, 0.15) is 29.4 Å². The normalized spacial score (nSPS) is 11.7. The maximum Gasteiger partial charge on any atom is 0.308 e. The Morgan fingerprint density at radius 3 is 1.94 bits per heavy atom. The smallest absolute Gasteiger partial charge is 0.308 e. The molecule has 0 saturated heterocycles. The van der Waals surface area contributed by atoms with Gasteiger partial charge >= 0.3 is 11.9 Å². The molecule has 0 radical (unpaired) electrons. The molecule has 192 valence electrons. The first-order chi connectivity index (χ1) is 16.5. The van der Waals surface area contributed by atoms with Crippen molar-refractivity contribution in [2.24, 2.45) is 0 Å². The van der Waals surface area contributed by atoms with Crippen molar-refractivity contribution in [3.63, 3.8) is 0 Å². The van der Waals surface area contributed by atoms with Crippen molar-refractivity contribution in [3.05, 3.63) is 52.1 Å². The van der Waals surface area contributed by atoms with Gasteiger partial charge in [0.2, 0.25) is 0 Å². The lowest BCUT2D eigenvalue weighted by molar-refractivity contribution is -0.132. The molecular formula is C29H40O6. The van der Waals surface area contributed by atoms with E-state index in [1.54, 1.807) is 0 Å². The second-order valence-electron chi connectivity index (χ2n) is 8.99. The molecule has 35 heavy (non-hydrogen) atoms. The van der Waals surface area contributed by atoms with Gasteiger partial charge in [-0.1, -0.05) is 42.2 Å². The van der Waals surface area contributed by atoms with Crippen LogP contribution in [0.15, 0.2) is 41.0 Å². The Balaban J connectivity index is 3.42. The fourth-order valence-electron chi connectivity index (χ4n) is 3.54. The molecule has 0 saturated carbocycles. The lowest BCUT2D eigenvalue weighted by atomic mass is 10.00. The van der Waals surface area contributed by atoms with E-state index in [4.69, 9.17) is 14.2 Å². The molecule has 0 amide bonds. The zero-order valence-corrected chi connectivity index (χ0v) is 22.5. The molecule has 0 aliphatic carbocycles. The van der Waals surface area contributed by atoms with Crippen LogP contribution in [-0.4, -0.2) is 24.3 Å². The van der Waals surface area contributed by atoms with E-state index in [0.717, 1.165) is 36.8 Å². The average Bonchev–Trinajstić information content (AvgIpc) is 2.72. The number of rotatable bonds is 13. The number of hydrogen-bond acceptors (Lipinski definition) is 6. The van der Waals surface area contributed by atoms with Crippen LogP contribution >= 0.6 is 0 Å². The van der Waals surface area contributed by atoms with Gasteiger partial charge in [0.05, 0.1) is 0 Å². The fourth-order valence-corrected chi connectivity index (χ4v) is 3.54. The van der Waals surface area contributed by atoms with E-state index in [0.29, 0.717) is 12.0 Å². The Bertz CT molecular complexity index is 1010. The zero-order chi connectivity index (χ0) is 26.5. The fraction of sp³-hybridized carbons (Fsp3) is 0.483. The summed E-state index contributed by atoms with van der Waals surface area (Å²) in [6.07, 6.45) is 10.7. The van der Waals surface area contributed by atoms with Crippen LogP contribution in [0.5, 0.6) is 17.2 Å². The number of hydrogen-bond donors (Lipinski definition) is 0. The van der Waals surface area contributed by atoms with E-state index >= 15 is 0 Å². The van der Waals surface area contributed by atoms with Crippen LogP contribution in [0, 0.1) is 0 Å². The van der Waals surface area contributed by atoms with E-state index in [9.17, 15) is 14.4 Å². The molecule has 0 unspecified atom stereocenters. The van der Waals surface area contributed by atoms with E-state index in [1.807, 2.05) is 32.9 Å². The summed E-state index contributed by atoms with van der Waals surface area (Å²) in [7, 11) is 0. The number of carbonyl (C=O) groups excluding carboxylic acids is 3. The summed E-state index contributed by atoms with van der Waals surface area (Å²) in [6.45, 7) is 14.4. The first-order valence-electron chi connectivity index (χ1n) is 12.1. The van der Waals surface area contributed by atoms with Crippen molar-refractivity contribution in [1.29, 1.82) is 0 Å². The summed E-state index contributed by atoms with van der Waals surface area (Å²) in [5, 5.41) is 0. The van der Waals surface area contributed by atoms with Crippen LogP contribution in [0.4, 0.5) is 0 Å². The second kappa shape index (κ2) is 15.0. The van der Waals surface area contributed by atoms with Gasteiger partial charge in [-0.2, -0.15) is 0 Å². The van der Waals surface area contributed by atoms with Gasteiger partial charge in [-0.25, -0.2) is 0 Å². The standard InChI is InChI=1S/C29H40O6/c1-9-11-20(4)12-10-13-21(5)16-17-33-29-25(15-14-19(2)3)26(34-23(7)31)18-27(35-24(8)32)28(29)22(6)30/h12,14,16,18H,9-11,13,15,17H2,1-8H3/b20-12+,21-16+. The van der Waals surface area contributed by atoms with E-state index in [2.05, 4.69) is 19.9 Å². The molecule has 6 heteroatoms. The molecule has 0 atom stereocenters. The number of esters is 2. The van der Waals surface area contributed by atoms with Crippen molar-refractivity contribution in [1.82, 2.24) is 0 Å². The summed E-state index contributed by atoms with van der Waals surface area (Å²) >= 11 is 0. The van der Waals surface area contributed by atoms with E-state index in [1.165, 1.54) is 32.4 Å². The quantitative estimate of drug-likeness (QED) is 0.129. The van der Waals surface area contributed by atoms with Gasteiger partial charge in [-0.05, 0) is 66.4 Å². The Kier molecular flexibility index (Phi) is 12.8. The van der Waals surface area contributed by atoms with E-state index in [-0.39, 0.29) is 35.2 Å². The van der Waals surface area contributed by atoms with Crippen LogP contribution in [-0.2, 0) is 16.0 Å². The lowest BCUT2D eigenvalue weighted by Gasteiger charge is -2.19. The molecule has 0 aromatic heterocycles. The molecular weight excluding hydrogens is 444 g/mol. The minimum atomic E-state index is -0.591. The Morgan fingerprint density at radius 1 is 0.800 bits per heavy atom. The van der Waals surface area contributed by atoms with Crippen molar-refractivity contribution in [2.75, 3.05) is 6.61 Å². The van der Waals surface area contributed by atoms with Crippen LogP contribution in [0.3, 0.4) is 0 Å². The highest BCUT2D eigenvalue weighted by Crippen LogP contribution is 2.41. The summed E-state index contributed by atoms with van der Waals surface area (Å²) in [5.74, 6) is -0.973. The predicted molar refractivity (Wildman–Crippen MR) is 139 cm³/mol. The SMILES string of the molecule is CCC/C(C)=C/CC/C(C)=C/COc1c(CC=C(C)C)c(OC(C)=O)cc(OC(C)=O)c1C(C)=O. The summed E-state index contributed by atoms with van der Waals surface area (Å²) in [6, 6.07) is 1.41. The van der Waals surface area contributed by atoms with Crippen molar-refractivity contribution in [3.8, 4) is 17.2 Å². The highest BCUT2D eigenvalue weighted by atomic mass is 16.5. The Morgan fingerprint density at radius 2 is 1.40 bits per heavy atom. The molecule has 6 nitrogen and oxygen atoms in total. The van der Waals surface area contributed by atoms with Gasteiger partial charge < -0.3 is 14.2 Å². The molecule has 0 aliphatic heterocycles. The van der Waals surface area contributed by atoms with Crippen LogP contribution < -0.4 is 14.2 Å². The predicted octanol–water partition coefficient (Wildman–Crippen LogP) is 7.10. The average molecular weight is 485 g/mol. The first kappa shape index (κ1) is 29.9. The summed E-state index contributed by atoms with van der Waals surface area (Å²) in [5.41, 5.74) is 4.31. The zero-order valence-electron chi connectivity index (χ0n) is 22.5. The molecule has 1 rings (SSSR count). The third-order valence-corrected chi connectivity index (χ3v) is 5.22. The Hall–Kier alpha value is -3.15. The summed E-state index contributed by atoms with van der Waals surface area (Å²) in [4.78, 5) is 36.1. The highest BCUT2D eigenvalue weighted by molar-refractivity contribution is 6.01. The van der Waals surface area contributed by atoms with Crippen LogP contribution in [0.25, 0.3) is 0 Å². The molecule has 1 aromatic rings. The van der Waals surface area contributed by atoms with Crippen molar-refractivity contribution in [2.45, 2.75) is 87.5 Å². The number of ether oxygens (including phenoxy) is 3. The number of carbonyl (C=O) groups is 3. The highest BCUT2D eigenvalue weighted by Gasteiger charge is 2.25. The monoisotopic (exact) mass is 484 g/mol. The molecule has 0 fully saturated rings. The topological polar surface area (TPSA) is 78.9 Å². The molecule has 0 N–H and O–H groups in total. The maximum atomic E-state index is 12.6. The Labute approximate surface area is 210 Å². The lowest BCUT2D eigenvalue weighted by Crippen LogP contribution is -2.13. The second-order valence-corrected chi connectivity index (χ2v) is 8.99. The van der Waals surface area contributed by atoms with Crippen LogP contribution in [0.1, 0.15) is 97.0 Å². The minimum Gasteiger partial charge on any atom is -0.488 e. The maximum absolute atomic E-state index is 12.6. The van der Waals surface area contributed by atoms with Gasteiger partial charge in [-0.3, -0.25) is 14.4 Å². The number of benzene rings is 1. The largest absolute Gasteiger partial charge is 0.488 e. The molecule has 0 bridgehead atoms. The summed E-state index contributed by atoms with van der Waals surface area (Å²) < 4.78 is 16.8. The van der Waals surface area contributed by atoms with Gasteiger partial charge in [0.15, 0.2) is 5.78 Å². The van der Waals surface area contributed by atoms with Crippen molar-refractivity contribution >= 4 is 17.7 Å². The van der Waals surface area contributed by atoms with Gasteiger partial charge in [0.25, 0.3) is 0 Å². The van der Waals surface area contributed by atoms with Crippen molar-refractivity contribution < 1.29 is 28.6 Å². The van der Waals surface area contributed by atoms with Gasteiger partial charge in [0, 0.05) is 25.5 Å². The number of allylic oxidation sites excluding steroid dienone is 5. The van der Waals surface area contributed by atoms with E-state index < -0.39 is 11.9 Å². The number of Topliss-reactive ketones (excluding diaryl/α,β-unsaturated/α-hetero) is 1. The molecule has 0 aliphatic rings. The third-order valence-electron chi connectivity index (χ3n) is 5.22. The minimum absolute atomic E-state index is 0.00874. The van der Waals surface area contributed by atoms with Gasteiger partial charge in [-0.15, -0.1) is 0 Å². The third kappa shape index (κ3) is 10.8.